The van der Waals surface area contributed by atoms with Crippen LogP contribution in [0.1, 0.15) is 20.7 Å². The Balaban J connectivity index is 1.80. The average molecular weight is 535 g/mol. The van der Waals surface area contributed by atoms with Gasteiger partial charge in [0, 0.05) is 35.0 Å². The number of nitrogens with one attached hydrogen (secondary N) is 2. The van der Waals surface area contributed by atoms with Crippen LogP contribution in [0, 0.1) is 0 Å². The van der Waals surface area contributed by atoms with Crippen LogP contribution in [0.4, 0.5) is 11.5 Å². The van der Waals surface area contributed by atoms with E-state index < -0.39 is 27.5 Å². The van der Waals surface area contributed by atoms with E-state index in [2.05, 4.69) is 20.0 Å². The van der Waals surface area contributed by atoms with Gasteiger partial charge in [0.05, 0.1) is 26.0 Å². The van der Waals surface area contributed by atoms with Crippen LogP contribution in [0.2, 0.25) is 10.0 Å². The number of nitrogens with zero attached hydrogens (tertiary/aromatic N) is 2. The van der Waals surface area contributed by atoms with E-state index in [0.29, 0.717) is 10.0 Å². The second kappa shape index (κ2) is 11.4. The van der Waals surface area contributed by atoms with Gasteiger partial charge in [-0.2, -0.15) is 4.36 Å². The van der Waals surface area contributed by atoms with Gasteiger partial charge < -0.3 is 15.4 Å². The highest BCUT2D eigenvalue weighted by Crippen LogP contribution is 2.23. The molecule has 2 N–H and O–H groups in total. The molecule has 0 radical (unpaired) electrons. The molecule has 3 amide bonds. The molecule has 3 rings (SSSR count). The highest BCUT2D eigenvalue weighted by molar-refractivity contribution is 7.93. The van der Waals surface area contributed by atoms with Crippen LogP contribution in [0.25, 0.3) is 0 Å². The standard InChI is InChI=1S/C23H20Cl2N4O5S/c1-34-13-21(30)29-35(2,33)17-7-3-14(4-8-17)22(31)27-19-9-5-15(24)11-18(19)23(32)28-20-10-6-16(25)12-26-20/h3-12H,13H2,1-2H3,(H,27,31)(H,26,28,32). The van der Waals surface area contributed by atoms with Crippen molar-refractivity contribution in [3.05, 3.63) is 82.0 Å². The van der Waals surface area contributed by atoms with Crippen molar-refractivity contribution in [2.75, 3.05) is 30.6 Å². The predicted octanol–water partition coefficient (Wildman–Crippen LogP) is 4.52. The molecule has 12 heteroatoms. The predicted molar refractivity (Wildman–Crippen MR) is 135 cm³/mol. The van der Waals surface area contributed by atoms with Crippen LogP contribution in [0.5, 0.6) is 0 Å². The largest absolute Gasteiger partial charge is 0.375 e. The molecule has 1 heterocycles. The Morgan fingerprint density at radius 3 is 2.29 bits per heavy atom. The number of hydrogen-bond donors (Lipinski definition) is 2. The Hall–Kier alpha value is -3.31. The molecule has 35 heavy (non-hydrogen) atoms. The zero-order valence-corrected chi connectivity index (χ0v) is 20.9. The van der Waals surface area contributed by atoms with Gasteiger partial charge in [-0.15, -0.1) is 0 Å². The number of methoxy groups -OCH3 is 1. The molecule has 0 saturated heterocycles. The number of rotatable bonds is 7. The first-order valence-corrected chi connectivity index (χ1v) is 12.6. The lowest BCUT2D eigenvalue weighted by Gasteiger charge is -2.12. The Labute approximate surface area is 212 Å². The van der Waals surface area contributed by atoms with Gasteiger partial charge in [-0.25, -0.2) is 9.19 Å². The van der Waals surface area contributed by atoms with Gasteiger partial charge >= 0.3 is 0 Å². The summed E-state index contributed by atoms with van der Waals surface area (Å²) in [5.41, 5.74) is 0.563. The van der Waals surface area contributed by atoms with E-state index in [1.807, 2.05) is 0 Å². The van der Waals surface area contributed by atoms with Crippen LogP contribution < -0.4 is 10.6 Å². The number of carbonyl (C=O) groups excluding carboxylic acids is 3. The molecule has 0 aliphatic carbocycles. The average Bonchev–Trinajstić information content (AvgIpc) is 2.81. The van der Waals surface area contributed by atoms with Gasteiger partial charge in [0.25, 0.3) is 17.7 Å². The van der Waals surface area contributed by atoms with E-state index in [1.165, 1.54) is 68.1 Å². The molecular formula is C23H20Cl2N4O5S. The molecule has 1 aromatic heterocycles. The van der Waals surface area contributed by atoms with Crippen molar-refractivity contribution in [2.45, 2.75) is 4.90 Å². The highest BCUT2D eigenvalue weighted by Gasteiger charge is 2.17. The molecular weight excluding hydrogens is 515 g/mol. The second-order valence-corrected chi connectivity index (χ2v) is 10.3. The monoisotopic (exact) mass is 534 g/mol. The van der Waals surface area contributed by atoms with E-state index in [1.54, 1.807) is 6.07 Å². The molecule has 9 nitrogen and oxygen atoms in total. The van der Waals surface area contributed by atoms with Crippen molar-refractivity contribution in [3.63, 3.8) is 0 Å². The number of amides is 3. The molecule has 2 aromatic carbocycles. The number of ether oxygens (including phenoxy) is 1. The zero-order valence-electron chi connectivity index (χ0n) is 18.6. The fourth-order valence-corrected chi connectivity index (χ4v) is 4.37. The molecule has 1 unspecified atom stereocenters. The van der Waals surface area contributed by atoms with Crippen LogP contribution in [-0.2, 0) is 19.3 Å². The molecule has 0 saturated carbocycles. The van der Waals surface area contributed by atoms with E-state index in [4.69, 9.17) is 27.9 Å². The van der Waals surface area contributed by atoms with Gasteiger partial charge in [-0.1, -0.05) is 23.2 Å². The molecule has 0 fully saturated rings. The lowest BCUT2D eigenvalue weighted by Crippen LogP contribution is -2.19. The maximum absolute atomic E-state index is 12.8. The third kappa shape index (κ3) is 7.09. The first-order chi connectivity index (χ1) is 16.6. The number of carbonyl (C=O) groups is 3. The van der Waals surface area contributed by atoms with Crippen molar-refractivity contribution < 1.29 is 23.3 Å². The normalized spacial score (nSPS) is 12.3. The number of anilines is 2. The lowest BCUT2D eigenvalue weighted by atomic mass is 10.1. The summed E-state index contributed by atoms with van der Waals surface area (Å²) < 4.78 is 21.1. The minimum absolute atomic E-state index is 0.117. The number of benzene rings is 2. The zero-order chi connectivity index (χ0) is 25.6. The van der Waals surface area contributed by atoms with Crippen LogP contribution in [0.3, 0.4) is 0 Å². The Morgan fingerprint density at radius 1 is 0.971 bits per heavy atom. The maximum atomic E-state index is 12.8. The molecule has 0 aliphatic heterocycles. The Kier molecular flexibility index (Phi) is 8.57. The molecule has 0 spiro atoms. The molecule has 3 aromatic rings. The third-order valence-corrected chi connectivity index (χ3v) is 6.70. The molecule has 1 atom stereocenters. The molecule has 0 bridgehead atoms. The first kappa shape index (κ1) is 26.3. The summed E-state index contributed by atoms with van der Waals surface area (Å²) in [6, 6.07) is 13.3. The second-order valence-electron chi connectivity index (χ2n) is 7.20. The quantitative estimate of drug-likeness (QED) is 0.458. The van der Waals surface area contributed by atoms with Gasteiger partial charge in [-0.05, 0) is 54.6 Å². The van der Waals surface area contributed by atoms with E-state index >= 15 is 0 Å². The lowest BCUT2D eigenvalue weighted by molar-refractivity contribution is -0.121. The summed E-state index contributed by atoms with van der Waals surface area (Å²) >= 11 is 11.9. The van der Waals surface area contributed by atoms with Gasteiger partial charge in [0.2, 0.25) is 0 Å². The van der Waals surface area contributed by atoms with Crippen molar-refractivity contribution in [1.29, 1.82) is 0 Å². The Bertz CT molecular complexity index is 1390. The Morgan fingerprint density at radius 2 is 1.66 bits per heavy atom. The molecule has 182 valence electrons. The SMILES string of the molecule is COCC(=O)N=S(C)(=O)c1ccc(C(=O)Nc2ccc(Cl)cc2C(=O)Nc2ccc(Cl)cn2)cc1. The fraction of sp³-hybridized carbons (Fsp3) is 0.130. The first-order valence-electron chi connectivity index (χ1n) is 9.97. The smallest absolute Gasteiger partial charge is 0.279 e. The van der Waals surface area contributed by atoms with Crippen LogP contribution in [-0.4, -0.2) is 46.9 Å². The minimum Gasteiger partial charge on any atom is -0.375 e. The molecule has 0 aliphatic rings. The topological polar surface area (TPSA) is 127 Å². The van der Waals surface area contributed by atoms with Crippen molar-refractivity contribution in [3.8, 4) is 0 Å². The summed E-state index contributed by atoms with van der Waals surface area (Å²) in [5, 5.41) is 6.00. The van der Waals surface area contributed by atoms with Crippen LogP contribution >= 0.6 is 23.2 Å². The minimum atomic E-state index is -3.01. The number of aromatic nitrogens is 1. The van der Waals surface area contributed by atoms with E-state index in [9.17, 15) is 18.6 Å². The summed E-state index contributed by atoms with van der Waals surface area (Å²) in [5.74, 6) is -1.44. The fourth-order valence-electron chi connectivity index (χ4n) is 2.90. The van der Waals surface area contributed by atoms with E-state index in [-0.39, 0.29) is 34.1 Å². The third-order valence-electron chi connectivity index (χ3n) is 4.54. The van der Waals surface area contributed by atoms with Crippen molar-refractivity contribution in [2.24, 2.45) is 4.36 Å². The van der Waals surface area contributed by atoms with Gasteiger partial charge in [-0.3, -0.25) is 14.4 Å². The highest BCUT2D eigenvalue weighted by atomic mass is 35.5. The maximum Gasteiger partial charge on any atom is 0.279 e. The summed E-state index contributed by atoms with van der Waals surface area (Å²) in [7, 11) is -1.67. The summed E-state index contributed by atoms with van der Waals surface area (Å²) in [6.07, 6.45) is 2.71. The summed E-state index contributed by atoms with van der Waals surface area (Å²) in [6.45, 7) is -0.281. The van der Waals surface area contributed by atoms with Gasteiger partial charge in [0.15, 0.2) is 0 Å². The van der Waals surface area contributed by atoms with Crippen LogP contribution in [0.15, 0.2) is 70.1 Å². The van der Waals surface area contributed by atoms with Crippen molar-refractivity contribution in [1.82, 2.24) is 4.98 Å². The van der Waals surface area contributed by atoms with Gasteiger partial charge in [0.1, 0.15) is 12.4 Å². The number of hydrogen-bond acceptors (Lipinski definition) is 6. The summed E-state index contributed by atoms with van der Waals surface area (Å²) in [4.78, 5) is 41.6. The number of pyridine rings is 1. The number of halogens is 2. The van der Waals surface area contributed by atoms with E-state index in [0.717, 1.165) is 0 Å². The van der Waals surface area contributed by atoms with Crippen molar-refractivity contribution >= 4 is 62.2 Å².